The first-order valence-electron chi connectivity index (χ1n) is 7.45. The number of halogens is 1. The average Bonchev–Trinajstić information content (AvgIpc) is 2.46. The Labute approximate surface area is 136 Å². The van der Waals surface area contributed by atoms with Crippen molar-refractivity contribution in [2.45, 2.75) is 40.9 Å². The van der Waals surface area contributed by atoms with E-state index in [4.69, 9.17) is 5.73 Å². The van der Waals surface area contributed by atoms with E-state index in [9.17, 15) is 4.20 Å². The van der Waals surface area contributed by atoms with E-state index in [1.54, 1.807) is 0 Å². The molecule has 0 saturated carbocycles. The van der Waals surface area contributed by atoms with Crippen LogP contribution >= 0.6 is 9.04 Å². The molecule has 0 aromatic heterocycles. The van der Waals surface area contributed by atoms with Crippen molar-refractivity contribution in [1.82, 2.24) is 0 Å². The molecule has 0 aliphatic heterocycles. The van der Waals surface area contributed by atoms with E-state index < -0.39 is 9.04 Å². The Hall–Kier alpha value is -1.15. The third kappa shape index (κ3) is 5.24. The maximum absolute atomic E-state index is 12.1. The van der Waals surface area contributed by atoms with Gasteiger partial charge in [0.2, 0.25) is 0 Å². The minimum absolute atomic E-state index is 0.225. The van der Waals surface area contributed by atoms with Gasteiger partial charge in [0.1, 0.15) is 0 Å². The SMILES string of the molecule is CC(C)(C)C(C)(C)C[B]c1ccc(C(C=NPF)=CN)cc1. The number of nitrogens with two attached hydrogens (primary N) is 1. The van der Waals surface area contributed by atoms with Crippen molar-refractivity contribution in [1.29, 1.82) is 0 Å². The second-order valence-corrected chi connectivity index (χ2v) is 7.56. The smallest absolute Gasteiger partial charge is 0.188 e. The summed E-state index contributed by atoms with van der Waals surface area (Å²) >= 11 is 0. The summed E-state index contributed by atoms with van der Waals surface area (Å²) in [6, 6.07) is 8.09. The zero-order valence-corrected chi connectivity index (χ0v) is 15.2. The molecule has 1 rings (SSSR count). The summed E-state index contributed by atoms with van der Waals surface area (Å²) in [7, 11) is 1.31. The van der Waals surface area contributed by atoms with Crippen molar-refractivity contribution in [3.63, 3.8) is 0 Å². The van der Waals surface area contributed by atoms with E-state index in [-0.39, 0.29) is 10.8 Å². The Morgan fingerprint density at radius 2 is 1.82 bits per heavy atom. The molecule has 2 nitrogen and oxygen atoms in total. The largest absolute Gasteiger partial charge is 0.404 e. The molecular weight excluding hydrogens is 293 g/mol. The van der Waals surface area contributed by atoms with Gasteiger partial charge in [0.05, 0.1) is 0 Å². The molecule has 1 radical (unpaired) electrons. The summed E-state index contributed by atoms with van der Waals surface area (Å²) in [6.07, 6.45) is 3.94. The molecule has 0 bridgehead atoms. The topological polar surface area (TPSA) is 38.4 Å². The molecule has 0 amide bonds. The molecule has 0 fully saturated rings. The summed E-state index contributed by atoms with van der Waals surface area (Å²) in [5.41, 5.74) is 8.90. The fraction of sp³-hybridized carbons (Fsp3) is 0.471. The second kappa shape index (κ2) is 7.92. The van der Waals surface area contributed by atoms with Gasteiger partial charge in [0, 0.05) is 18.0 Å². The van der Waals surface area contributed by atoms with E-state index in [0.29, 0.717) is 0 Å². The predicted molar refractivity (Wildman–Crippen MR) is 100.0 cm³/mol. The lowest BCUT2D eigenvalue weighted by atomic mass is 9.53. The van der Waals surface area contributed by atoms with E-state index in [0.717, 1.165) is 17.5 Å². The molecule has 0 spiro atoms. The van der Waals surface area contributed by atoms with Crippen LogP contribution in [0.5, 0.6) is 0 Å². The van der Waals surface area contributed by atoms with Crippen molar-refractivity contribution in [3.05, 3.63) is 36.0 Å². The van der Waals surface area contributed by atoms with Crippen molar-refractivity contribution >= 4 is 33.6 Å². The lowest BCUT2D eigenvalue weighted by Crippen LogP contribution is -2.33. The van der Waals surface area contributed by atoms with Crippen LogP contribution in [0.3, 0.4) is 0 Å². The molecule has 1 atom stereocenters. The highest BCUT2D eigenvalue weighted by molar-refractivity contribution is 7.30. The predicted octanol–water partition coefficient (Wildman–Crippen LogP) is 4.36. The molecule has 5 heteroatoms. The van der Waals surface area contributed by atoms with Gasteiger partial charge in [-0.05, 0) is 16.4 Å². The van der Waals surface area contributed by atoms with Crippen LogP contribution in [0.25, 0.3) is 5.57 Å². The first-order valence-corrected chi connectivity index (χ1v) is 8.28. The molecule has 1 unspecified atom stereocenters. The Morgan fingerprint density at radius 1 is 1.23 bits per heavy atom. The quantitative estimate of drug-likeness (QED) is 0.472. The molecule has 0 saturated heterocycles. The van der Waals surface area contributed by atoms with Crippen molar-refractivity contribution in [2.24, 2.45) is 21.3 Å². The van der Waals surface area contributed by atoms with Gasteiger partial charge in [0.15, 0.2) is 16.3 Å². The van der Waals surface area contributed by atoms with Gasteiger partial charge in [-0.1, -0.05) is 70.7 Å². The number of nitrogens with zero attached hydrogens (tertiary/aromatic N) is 1. The molecule has 1 aromatic carbocycles. The van der Waals surface area contributed by atoms with Crippen LogP contribution in [0.4, 0.5) is 4.20 Å². The Bertz CT molecular complexity index is 531. The van der Waals surface area contributed by atoms with Crippen LogP contribution in [0.1, 0.15) is 40.2 Å². The lowest BCUT2D eigenvalue weighted by Gasteiger charge is -2.39. The van der Waals surface area contributed by atoms with Crippen LogP contribution in [-0.4, -0.2) is 13.5 Å². The number of hydrogen-bond acceptors (Lipinski definition) is 2. The van der Waals surface area contributed by atoms with E-state index in [1.165, 1.54) is 17.9 Å². The molecule has 22 heavy (non-hydrogen) atoms. The van der Waals surface area contributed by atoms with Crippen molar-refractivity contribution in [2.75, 3.05) is 0 Å². The normalized spacial score (nSPS) is 14.2. The maximum atomic E-state index is 12.1. The second-order valence-electron chi connectivity index (χ2n) is 7.13. The van der Waals surface area contributed by atoms with Crippen LogP contribution in [0.15, 0.2) is 35.2 Å². The van der Waals surface area contributed by atoms with Gasteiger partial charge in [-0.25, -0.2) is 8.96 Å². The number of rotatable bonds is 6. The van der Waals surface area contributed by atoms with Crippen molar-refractivity contribution < 1.29 is 4.20 Å². The van der Waals surface area contributed by atoms with Crippen LogP contribution < -0.4 is 11.2 Å². The highest BCUT2D eigenvalue weighted by atomic mass is 31.1. The van der Waals surface area contributed by atoms with Crippen LogP contribution in [-0.2, 0) is 0 Å². The molecule has 0 aliphatic rings. The monoisotopic (exact) mass is 319 g/mol. The molecule has 2 N–H and O–H groups in total. The van der Waals surface area contributed by atoms with Crippen LogP contribution in [0, 0.1) is 10.8 Å². The Kier molecular flexibility index (Phi) is 6.80. The fourth-order valence-electron chi connectivity index (χ4n) is 1.80. The van der Waals surface area contributed by atoms with Crippen LogP contribution in [0.2, 0.25) is 6.32 Å². The van der Waals surface area contributed by atoms with E-state index in [2.05, 4.69) is 58.8 Å². The first-order chi connectivity index (χ1) is 10.2. The Balaban J connectivity index is 2.76. The summed E-state index contributed by atoms with van der Waals surface area (Å²) in [5, 5.41) is 0. The van der Waals surface area contributed by atoms with Crippen molar-refractivity contribution in [3.8, 4) is 0 Å². The fourth-order valence-corrected chi connectivity index (χ4v) is 1.99. The number of hydrogen-bond donors (Lipinski definition) is 1. The summed E-state index contributed by atoms with van der Waals surface area (Å²) in [5.74, 6) is 0. The third-order valence-electron chi connectivity index (χ3n) is 4.55. The van der Waals surface area contributed by atoms with Gasteiger partial charge in [-0.15, -0.1) is 0 Å². The standard InChI is InChI=1S/C17H26BFN2P/c1-16(2,3)17(4,5)12-18-15-8-6-13(7-9-15)14(10-20)11-21-22-19/h6-11,22H,12,20H2,1-5H3. The highest BCUT2D eigenvalue weighted by Crippen LogP contribution is 2.40. The Morgan fingerprint density at radius 3 is 2.27 bits per heavy atom. The van der Waals surface area contributed by atoms with Gasteiger partial charge in [-0.2, -0.15) is 0 Å². The average molecular weight is 319 g/mol. The molecule has 119 valence electrons. The zero-order chi connectivity index (χ0) is 16.8. The van der Waals surface area contributed by atoms with Gasteiger partial charge in [-0.3, -0.25) is 0 Å². The van der Waals surface area contributed by atoms with E-state index in [1.807, 2.05) is 12.1 Å². The minimum Gasteiger partial charge on any atom is -0.404 e. The lowest BCUT2D eigenvalue weighted by molar-refractivity contribution is 0.157. The molecular formula is C17H26BFN2P. The number of benzene rings is 1. The van der Waals surface area contributed by atoms with Gasteiger partial charge in [0.25, 0.3) is 0 Å². The summed E-state index contributed by atoms with van der Waals surface area (Å²) < 4.78 is 15.8. The first kappa shape index (κ1) is 18.9. The highest BCUT2D eigenvalue weighted by Gasteiger charge is 2.32. The van der Waals surface area contributed by atoms with Gasteiger partial charge < -0.3 is 5.73 Å². The van der Waals surface area contributed by atoms with Gasteiger partial charge >= 0.3 is 0 Å². The molecule has 0 heterocycles. The molecule has 0 aliphatic carbocycles. The molecule has 1 aromatic rings. The summed E-state index contributed by atoms with van der Waals surface area (Å²) in [4.78, 5) is 0. The minimum atomic E-state index is -0.949. The summed E-state index contributed by atoms with van der Waals surface area (Å²) in [6.45, 7) is 11.4. The number of allylic oxidation sites excluding steroid dienone is 1. The maximum Gasteiger partial charge on any atom is 0.188 e. The van der Waals surface area contributed by atoms with E-state index >= 15 is 0 Å². The third-order valence-corrected chi connectivity index (χ3v) is 4.78. The zero-order valence-electron chi connectivity index (χ0n) is 14.2.